The van der Waals surface area contributed by atoms with Crippen molar-refractivity contribution in [2.24, 2.45) is 0 Å². The zero-order chi connectivity index (χ0) is 16.0. The normalized spacial score (nSPS) is 11.4. The van der Waals surface area contributed by atoms with E-state index in [-0.39, 0.29) is 11.4 Å². The van der Waals surface area contributed by atoms with Gasteiger partial charge in [-0.25, -0.2) is 9.97 Å². The minimum absolute atomic E-state index is 0.0315. The highest BCUT2D eigenvalue weighted by atomic mass is 16.1. The lowest BCUT2D eigenvalue weighted by Gasteiger charge is -2.21. The SMILES string of the molecule is CNc1ncnc(NCCC(=O)NC(C)(C)C)c1C(C)C. The number of hydrogen-bond donors (Lipinski definition) is 3. The second-order valence-corrected chi connectivity index (χ2v) is 6.36. The molecule has 0 radical (unpaired) electrons. The molecule has 0 aliphatic rings. The lowest BCUT2D eigenvalue weighted by Crippen LogP contribution is -2.41. The Morgan fingerprint density at radius 3 is 2.38 bits per heavy atom. The summed E-state index contributed by atoms with van der Waals surface area (Å²) < 4.78 is 0. The van der Waals surface area contributed by atoms with Gasteiger partial charge < -0.3 is 16.0 Å². The van der Waals surface area contributed by atoms with Crippen LogP contribution in [0.4, 0.5) is 11.6 Å². The number of aromatic nitrogens is 2. The molecule has 1 rings (SSSR count). The fourth-order valence-electron chi connectivity index (χ4n) is 2.06. The van der Waals surface area contributed by atoms with Crippen molar-refractivity contribution in [1.29, 1.82) is 0 Å². The van der Waals surface area contributed by atoms with Gasteiger partial charge in [0.2, 0.25) is 5.91 Å². The summed E-state index contributed by atoms with van der Waals surface area (Å²) in [5, 5.41) is 9.25. The van der Waals surface area contributed by atoms with Gasteiger partial charge in [-0.05, 0) is 26.7 Å². The molecule has 1 amide bonds. The molecule has 1 heterocycles. The maximum atomic E-state index is 11.8. The van der Waals surface area contributed by atoms with E-state index < -0.39 is 0 Å². The molecule has 0 aliphatic heterocycles. The standard InChI is InChI=1S/C15H27N5O/c1-10(2)12-13(16-6)18-9-19-14(12)17-8-7-11(21)20-15(3,4)5/h9-10H,7-8H2,1-6H3,(H,20,21)(H2,16,17,18,19). The number of carbonyl (C=O) groups is 1. The third kappa shape index (κ3) is 5.57. The molecule has 21 heavy (non-hydrogen) atoms. The summed E-state index contributed by atoms with van der Waals surface area (Å²) in [6.07, 6.45) is 1.93. The number of nitrogens with zero attached hydrogens (tertiary/aromatic N) is 2. The molecule has 6 heteroatoms. The van der Waals surface area contributed by atoms with Crippen LogP contribution in [0.3, 0.4) is 0 Å². The topological polar surface area (TPSA) is 78.9 Å². The molecule has 118 valence electrons. The maximum Gasteiger partial charge on any atom is 0.222 e. The Kier molecular flexibility index (Phi) is 5.93. The van der Waals surface area contributed by atoms with E-state index in [2.05, 4.69) is 39.8 Å². The van der Waals surface area contributed by atoms with Crippen LogP contribution in [0.15, 0.2) is 6.33 Å². The summed E-state index contributed by atoms with van der Waals surface area (Å²) in [7, 11) is 1.84. The van der Waals surface area contributed by atoms with Crippen molar-refractivity contribution in [1.82, 2.24) is 15.3 Å². The molecule has 0 unspecified atom stereocenters. The number of anilines is 2. The van der Waals surface area contributed by atoms with Crippen molar-refractivity contribution < 1.29 is 4.79 Å². The van der Waals surface area contributed by atoms with Crippen molar-refractivity contribution in [3.05, 3.63) is 11.9 Å². The van der Waals surface area contributed by atoms with E-state index in [0.29, 0.717) is 18.9 Å². The zero-order valence-electron chi connectivity index (χ0n) is 13.9. The molecule has 1 aromatic rings. The van der Waals surface area contributed by atoms with E-state index in [4.69, 9.17) is 0 Å². The van der Waals surface area contributed by atoms with Crippen LogP contribution in [0.2, 0.25) is 0 Å². The molecule has 0 saturated heterocycles. The van der Waals surface area contributed by atoms with Gasteiger partial charge in [0.15, 0.2) is 0 Å². The molecule has 0 aliphatic carbocycles. The smallest absolute Gasteiger partial charge is 0.222 e. The predicted octanol–water partition coefficient (Wildman–Crippen LogP) is 2.36. The van der Waals surface area contributed by atoms with Crippen LogP contribution in [0.25, 0.3) is 0 Å². The van der Waals surface area contributed by atoms with Crippen LogP contribution < -0.4 is 16.0 Å². The van der Waals surface area contributed by atoms with Crippen molar-refractivity contribution in [3.63, 3.8) is 0 Å². The number of hydrogen-bond acceptors (Lipinski definition) is 5. The molecule has 0 spiro atoms. The molecule has 0 fully saturated rings. The second kappa shape index (κ2) is 7.24. The Bertz CT molecular complexity index is 479. The number of amides is 1. The summed E-state index contributed by atoms with van der Waals surface area (Å²) in [5.74, 6) is 1.93. The number of nitrogens with one attached hydrogen (secondary N) is 3. The lowest BCUT2D eigenvalue weighted by molar-refractivity contribution is -0.122. The quantitative estimate of drug-likeness (QED) is 0.750. The minimum Gasteiger partial charge on any atom is -0.373 e. The molecular formula is C15H27N5O. The summed E-state index contributed by atoms with van der Waals surface area (Å²) in [6.45, 7) is 10.6. The van der Waals surface area contributed by atoms with Gasteiger partial charge in [-0.3, -0.25) is 4.79 Å². The first kappa shape index (κ1) is 17.2. The van der Waals surface area contributed by atoms with Crippen LogP contribution in [-0.2, 0) is 4.79 Å². The Morgan fingerprint density at radius 2 is 1.86 bits per heavy atom. The van der Waals surface area contributed by atoms with Crippen molar-refractivity contribution in [2.75, 3.05) is 24.2 Å². The van der Waals surface area contributed by atoms with Gasteiger partial charge >= 0.3 is 0 Å². The van der Waals surface area contributed by atoms with E-state index in [1.54, 1.807) is 0 Å². The first-order chi connectivity index (χ1) is 9.74. The third-order valence-electron chi connectivity index (χ3n) is 2.86. The first-order valence-corrected chi connectivity index (χ1v) is 7.32. The highest BCUT2D eigenvalue weighted by Crippen LogP contribution is 2.27. The zero-order valence-corrected chi connectivity index (χ0v) is 13.9. The Morgan fingerprint density at radius 1 is 1.24 bits per heavy atom. The third-order valence-corrected chi connectivity index (χ3v) is 2.86. The van der Waals surface area contributed by atoms with Crippen LogP contribution in [0, 0.1) is 0 Å². The average molecular weight is 293 g/mol. The highest BCUT2D eigenvalue weighted by molar-refractivity contribution is 5.77. The van der Waals surface area contributed by atoms with Gasteiger partial charge in [0.25, 0.3) is 0 Å². The Balaban J connectivity index is 2.66. The predicted molar refractivity (Wildman–Crippen MR) is 86.7 cm³/mol. The summed E-state index contributed by atoms with van der Waals surface area (Å²) in [4.78, 5) is 20.3. The largest absolute Gasteiger partial charge is 0.373 e. The van der Waals surface area contributed by atoms with Crippen molar-refractivity contribution in [2.45, 2.75) is 52.5 Å². The van der Waals surface area contributed by atoms with E-state index in [1.807, 2.05) is 27.8 Å². The molecule has 0 aromatic carbocycles. The van der Waals surface area contributed by atoms with Crippen LogP contribution in [-0.4, -0.2) is 35.0 Å². The Hall–Kier alpha value is -1.85. The van der Waals surface area contributed by atoms with E-state index in [0.717, 1.165) is 17.2 Å². The van der Waals surface area contributed by atoms with Gasteiger partial charge in [0, 0.05) is 31.1 Å². The molecule has 1 aromatic heterocycles. The van der Waals surface area contributed by atoms with Crippen LogP contribution >= 0.6 is 0 Å². The summed E-state index contributed by atoms with van der Waals surface area (Å²) in [6, 6.07) is 0. The van der Waals surface area contributed by atoms with E-state index >= 15 is 0 Å². The van der Waals surface area contributed by atoms with Crippen LogP contribution in [0.1, 0.15) is 52.5 Å². The summed E-state index contributed by atoms with van der Waals surface area (Å²) >= 11 is 0. The van der Waals surface area contributed by atoms with Crippen molar-refractivity contribution in [3.8, 4) is 0 Å². The van der Waals surface area contributed by atoms with Gasteiger partial charge in [0.05, 0.1) is 0 Å². The first-order valence-electron chi connectivity index (χ1n) is 7.32. The van der Waals surface area contributed by atoms with Gasteiger partial charge in [0.1, 0.15) is 18.0 Å². The highest BCUT2D eigenvalue weighted by Gasteiger charge is 2.15. The molecule has 0 atom stereocenters. The second-order valence-electron chi connectivity index (χ2n) is 6.36. The summed E-state index contributed by atoms with van der Waals surface area (Å²) in [5.41, 5.74) is 0.838. The lowest BCUT2D eigenvalue weighted by atomic mass is 10.0. The monoisotopic (exact) mass is 293 g/mol. The molecule has 3 N–H and O–H groups in total. The molecule has 0 saturated carbocycles. The molecule has 6 nitrogen and oxygen atoms in total. The van der Waals surface area contributed by atoms with E-state index in [9.17, 15) is 4.79 Å². The maximum absolute atomic E-state index is 11.8. The average Bonchev–Trinajstić information content (AvgIpc) is 2.35. The number of rotatable bonds is 6. The molecule has 0 bridgehead atoms. The van der Waals surface area contributed by atoms with Gasteiger partial charge in [-0.2, -0.15) is 0 Å². The minimum atomic E-state index is -0.200. The van der Waals surface area contributed by atoms with Crippen molar-refractivity contribution >= 4 is 17.5 Å². The van der Waals surface area contributed by atoms with E-state index in [1.165, 1.54) is 6.33 Å². The van der Waals surface area contributed by atoms with Crippen LogP contribution in [0.5, 0.6) is 0 Å². The van der Waals surface area contributed by atoms with Gasteiger partial charge in [-0.1, -0.05) is 13.8 Å². The fourth-order valence-corrected chi connectivity index (χ4v) is 2.06. The van der Waals surface area contributed by atoms with Gasteiger partial charge in [-0.15, -0.1) is 0 Å². The fraction of sp³-hybridized carbons (Fsp3) is 0.667. The number of carbonyl (C=O) groups excluding carboxylic acids is 1. The Labute approximate surface area is 127 Å². The molecular weight excluding hydrogens is 266 g/mol.